The molecule has 39 heavy (non-hydrogen) atoms. The number of amides is 1. The summed E-state index contributed by atoms with van der Waals surface area (Å²) in [6.07, 6.45) is 5.48. The van der Waals surface area contributed by atoms with Crippen molar-refractivity contribution in [1.82, 2.24) is 19.4 Å². The van der Waals surface area contributed by atoms with E-state index in [4.69, 9.17) is 16.3 Å². The van der Waals surface area contributed by atoms with Gasteiger partial charge in [-0.05, 0) is 52.9 Å². The van der Waals surface area contributed by atoms with Crippen molar-refractivity contribution in [3.63, 3.8) is 0 Å². The second-order valence-electron chi connectivity index (χ2n) is 9.19. The third-order valence-corrected chi connectivity index (χ3v) is 7.10. The fourth-order valence-corrected chi connectivity index (χ4v) is 5.08. The second kappa shape index (κ2) is 11.0. The zero-order chi connectivity index (χ0) is 27.7. The Morgan fingerprint density at radius 1 is 1.05 bits per heavy atom. The summed E-state index contributed by atoms with van der Waals surface area (Å²) in [4.78, 5) is 23.8. The van der Waals surface area contributed by atoms with Gasteiger partial charge in [0.25, 0.3) is 5.91 Å². The van der Waals surface area contributed by atoms with E-state index < -0.39 is 11.6 Å². The van der Waals surface area contributed by atoms with Gasteiger partial charge in [0.1, 0.15) is 11.0 Å². The van der Waals surface area contributed by atoms with Crippen molar-refractivity contribution >= 4 is 23.5 Å². The molecule has 2 aromatic heterocycles. The smallest absolute Gasteiger partial charge is 0.254 e. The van der Waals surface area contributed by atoms with Gasteiger partial charge in [-0.25, -0.2) is 18.7 Å². The lowest BCUT2D eigenvalue weighted by Crippen LogP contribution is -2.37. The topological polar surface area (TPSA) is 92.5 Å². The number of methoxy groups -OCH3 is 1. The van der Waals surface area contributed by atoms with Crippen LogP contribution in [-0.2, 0) is 26.1 Å². The Balaban J connectivity index is 1.59. The third kappa shape index (κ3) is 5.17. The van der Waals surface area contributed by atoms with Gasteiger partial charge >= 0.3 is 0 Å². The van der Waals surface area contributed by atoms with E-state index in [1.807, 2.05) is 22.9 Å². The molecule has 1 aliphatic heterocycles. The summed E-state index contributed by atoms with van der Waals surface area (Å²) in [5.41, 5.74) is 4.15. The van der Waals surface area contributed by atoms with E-state index in [1.165, 1.54) is 24.3 Å². The first-order valence-corrected chi connectivity index (χ1v) is 12.6. The van der Waals surface area contributed by atoms with Gasteiger partial charge < -0.3 is 24.6 Å². The molecule has 11 heteroatoms. The Bertz CT molecular complexity index is 1560. The summed E-state index contributed by atoms with van der Waals surface area (Å²) in [5, 5.41) is 13.0. The number of nitrogens with one attached hydrogen (secondary N) is 1. The average molecular weight is 554 g/mol. The molecule has 1 amide bonds. The van der Waals surface area contributed by atoms with E-state index >= 15 is 0 Å². The zero-order valence-electron chi connectivity index (χ0n) is 21.3. The molecule has 3 heterocycles. The predicted molar refractivity (Wildman–Crippen MR) is 143 cm³/mol. The molecule has 8 nitrogen and oxygen atoms in total. The average Bonchev–Trinajstić information content (AvgIpc) is 3.38. The Morgan fingerprint density at radius 3 is 2.56 bits per heavy atom. The molecular formula is C28H26ClF2N5O3. The van der Waals surface area contributed by atoms with Gasteiger partial charge in [-0.15, -0.1) is 0 Å². The minimum Gasteiger partial charge on any atom is -0.494 e. The van der Waals surface area contributed by atoms with Crippen molar-refractivity contribution in [2.45, 2.75) is 26.1 Å². The number of aromatic nitrogens is 3. The molecule has 0 aliphatic carbocycles. The number of hydrogen-bond donors (Lipinski definition) is 2. The van der Waals surface area contributed by atoms with Crippen molar-refractivity contribution < 1.29 is 23.4 Å². The van der Waals surface area contributed by atoms with E-state index in [-0.39, 0.29) is 35.5 Å². The van der Waals surface area contributed by atoms with Crippen molar-refractivity contribution in [1.29, 1.82) is 0 Å². The number of nitrogens with zero attached hydrogens (tertiary/aromatic N) is 4. The van der Waals surface area contributed by atoms with Crippen molar-refractivity contribution in [3.05, 3.63) is 93.5 Å². The van der Waals surface area contributed by atoms with Crippen LogP contribution in [-0.4, -0.2) is 51.2 Å². The maximum atomic E-state index is 14.6. The fraction of sp³-hybridized carbons (Fsp3) is 0.250. The molecule has 4 aromatic rings. The number of anilines is 1. The van der Waals surface area contributed by atoms with E-state index in [9.17, 15) is 18.7 Å². The van der Waals surface area contributed by atoms with Crippen LogP contribution in [0.4, 0.5) is 14.7 Å². The number of hydrogen-bond acceptors (Lipinski definition) is 6. The molecule has 2 aromatic carbocycles. The van der Waals surface area contributed by atoms with Gasteiger partial charge in [-0.2, -0.15) is 0 Å². The minimum absolute atomic E-state index is 0.0476. The van der Waals surface area contributed by atoms with E-state index in [1.54, 1.807) is 19.3 Å². The molecular weight excluding hydrogens is 528 g/mol. The summed E-state index contributed by atoms with van der Waals surface area (Å²) in [5.74, 6) is -1.28. The van der Waals surface area contributed by atoms with Gasteiger partial charge in [-0.1, -0.05) is 11.6 Å². The quantitative estimate of drug-likeness (QED) is 0.308. The Hall–Kier alpha value is -4.02. The lowest BCUT2D eigenvalue weighted by molar-refractivity contribution is 0.0725. The Labute approximate surface area is 228 Å². The molecule has 0 radical (unpaired) electrons. The number of pyridine rings is 1. The molecule has 0 saturated carbocycles. The second-order valence-corrected chi connectivity index (χ2v) is 9.55. The molecule has 5 rings (SSSR count). The number of aliphatic hydroxyl groups excluding tert-OH is 1. The zero-order valence-corrected chi connectivity index (χ0v) is 22.1. The van der Waals surface area contributed by atoms with E-state index in [0.29, 0.717) is 42.1 Å². The lowest BCUT2D eigenvalue weighted by atomic mass is 9.88. The summed E-state index contributed by atoms with van der Waals surface area (Å²) in [6.45, 7) is 0.471. The van der Waals surface area contributed by atoms with Crippen LogP contribution in [0.1, 0.15) is 32.6 Å². The highest BCUT2D eigenvalue weighted by Crippen LogP contribution is 2.36. The van der Waals surface area contributed by atoms with Crippen LogP contribution in [0.5, 0.6) is 5.75 Å². The van der Waals surface area contributed by atoms with Crippen LogP contribution < -0.4 is 10.1 Å². The third-order valence-electron chi connectivity index (χ3n) is 6.80. The van der Waals surface area contributed by atoms with Gasteiger partial charge in [0.2, 0.25) is 5.95 Å². The number of imidazole rings is 1. The van der Waals surface area contributed by atoms with Gasteiger partial charge in [0.15, 0.2) is 11.6 Å². The summed E-state index contributed by atoms with van der Waals surface area (Å²) in [7, 11) is 3.07. The largest absolute Gasteiger partial charge is 0.494 e. The maximum Gasteiger partial charge on any atom is 0.254 e. The minimum atomic E-state index is -0.806. The molecule has 0 unspecified atom stereocenters. The van der Waals surface area contributed by atoms with Crippen LogP contribution in [0.15, 0.2) is 48.9 Å². The first-order chi connectivity index (χ1) is 18.8. The van der Waals surface area contributed by atoms with Crippen molar-refractivity contribution in [2.75, 3.05) is 26.0 Å². The molecule has 0 saturated heterocycles. The van der Waals surface area contributed by atoms with Gasteiger partial charge in [0, 0.05) is 61.5 Å². The standard InChI is InChI=1S/C28H26ClF2N5O3/c1-32-28-33-4-6-36(28)13-16-7-20(21-9-17(15-37)12-34-26(21)29)19-3-5-35(27(38)22(19)8-16)14-18-10-25(39-2)24(31)11-23(18)30/h4,6-12,37H,3,5,13-15H2,1-2H3,(H,32,33). The number of benzene rings is 2. The number of carbonyl (C=O) groups is 1. The van der Waals surface area contributed by atoms with Crippen LogP contribution in [0.2, 0.25) is 5.15 Å². The van der Waals surface area contributed by atoms with Crippen LogP contribution in [0.3, 0.4) is 0 Å². The van der Waals surface area contributed by atoms with E-state index in [0.717, 1.165) is 22.8 Å². The molecule has 0 fully saturated rings. The number of fused-ring (bicyclic) bond motifs is 1. The van der Waals surface area contributed by atoms with Crippen LogP contribution in [0, 0.1) is 11.6 Å². The van der Waals surface area contributed by atoms with Gasteiger partial charge in [-0.3, -0.25) is 4.79 Å². The SMILES string of the molecule is CNc1nccn1Cc1cc2c(c(-c3cc(CO)cnc3Cl)c1)CCN(Cc1cc(OC)c(F)cc1F)C2=O. The number of carbonyl (C=O) groups excluding carboxylic acids is 1. The molecule has 0 atom stereocenters. The highest BCUT2D eigenvalue weighted by atomic mass is 35.5. The van der Waals surface area contributed by atoms with Crippen molar-refractivity contribution in [2.24, 2.45) is 0 Å². The Kier molecular flexibility index (Phi) is 7.49. The van der Waals surface area contributed by atoms with Crippen LogP contribution in [0.25, 0.3) is 11.1 Å². The monoisotopic (exact) mass is 553 g/mol. The maximum absolute atomic E-state index is 14.6. The number of rotatable bonds is 8. The summed E-state index contributed by atoms with van der Waals surface area (Å²) >= 11 is 6.51. The summed E-state index contributed by atoms with van der Waals surface area (Å²) in [6, 6.07) is 7.60. The van der Waals surface area contributed by atoms with Gasteiger partial charge in [0.05, 0.1) is 20.3 Å². The highest BCUT2D eigenvalue weighted by Gasteiger charge is 2.29. The molecule has 202 valence electrons. The normalized spacial score (nSPS) is 13.0. The molecule has 1 aliphatic rings. The van der Waals surface area contributed by atoms with E-state index in [2.05, 4.69) is 15.3 Å². The molecule has 2 N–H and O–H groups in total. The number of aliphatic hydroxyl groups is 1. The highest BCUT2D eigenvalue weighted by molar-refractivity contribution is 6.32. The summed E-state index contributed by atoms with van der Waals surface area (Å²) < 4.78 is 35.4. The molecule has 0 spiro atoms. The molecule has 0 bridgehead atoms. The van der Waals surface area contributed by atoms with Crippen LogP contribution >= 0.6 is 11.6 Å². The lowest BCUT2D eigenvalue weighted by Gasteiger charge is -2.31. The first kappa shape index (κ1) is 26.6. The Morgan fingerprint density at radius 2 is 1.82 bits per heavy atom. The fourth-order valence-electron chi connectivity index (χ4n) is 4.88. The predicted octanol–water partition coefficient (Wildman–Crippen LogP) is 4.67. The number of halogens is 3. The first-order valence-electron chi connectivity index (χ1n) is 12.2. The number of ether oxygens (including phenoxy) is 1. The van der Waals surface area contributed by atoms with Crippen molar-refractivity contribution in [3.8, 4) is 16.9 Å².